The second-order valence-corrected chi connectivity index (χ2v) is 7.51. The van der Waals surface area contributed by atoms with E-state index < -0.39 is 22.5 Å². The summed E-state index contributed by atoms with van der Waals surface area (Å²) in [5.41, 5.74) is 0.552. The Morgan fingerprint density at radius 3 is 2.32 bits per heavy atom. The van der Waals surface area contributed by atoms with Crippen molar-refractivity contribution in [1.29, 1.82) is 0 Å². The van der Waals surface area contributed by atoms with Crippen molar-refractivity contribution in [2.75, 3.05) is 22.9 Å². The Morgan fingerprint density at radius 2 is 1.75 bits per heavy atom. The van der Waals surface area contributed by atoms with Crippen LogP contribution in [0.25, 0.3) is 0 Å². The molecule has 2 N–H and O–H groups in total. The Balaban J connectivity index is 2.17. The fourth-order valence-corrected chi connectivity index (χ4v) is 3.52. The van der Waals surface area contributed by atoms with E-state index in [9.17, 15) is 22.0 Å². The SMILES string of the molecule is CCCS(=O)(=O)Nc1ccc(NC(=O)c2cccc(OC)c2OC(F)F)cc1. The van der Waals surface area contributed by atoms with E-state index >= 15 is 0 Å². The summed E-state index contributed by atoms with van der Waals surface area (Å²) >= 11 is 0. The molecule has 1 amide bonds. The maximum Gasteiger partial charge on any atom is 0.387 e. The largest absolute Gasteiger partial charge is 0.493 e. The number of hydrogen-bond acceptors (Lipinski definition) is 5. The van der Waals surface area contributed by atoms with E-state index in [0.717, 1.165) is 0 Å². The van der Waals surface area contributed by atoms with Crippen LogP contribution in [-0.2, 0) is 10.0 Å². The van der Waals surface area contributed by atoms with Gasteiger partial charge in [0, 0.05) is 11.4 Å². The van der Waals surface area contributed by atoms with Crippen molar-refractivity contribution < 1.29 is 31.5 Å². The molecule has 2 aromatic rings. The molecule has 0 saturated carbocycles. The Morgan fingerprint density at radius 1 is 1.11 bits per heavy atom. The number of ether oxygens (including phenoxy) is 2. The first-order valence-corrected chi connectivity index (χ1v) is 9.94. The van der Waals surface area contributed by atoms with E-state index in [1.807, 2.05) is 0 Å². The highest BCUT2D eigenvalue weighted by molar-refractivity contribution is 7.92. The van der Waals surface area contributed by atoms with Crippen molar-refractivity contribution in [2.45, 2.75) is 20.0 Å². The van der Waals surface area contributed by atoms with Gasteiger partial charge in [0.05, 0.1) is 18.4 Å². The lowest BCUT2D eigenvalue weighted by molar-refractivity contribution is -0.0515. The van der Waals surface area contributed by atoms with Crippen LogP contribution in [0.5, 0.6) is 11.5 Å². The van der Waals surface area contributed by atoms with Gasteiger partial charge in [-0.3, -0.25) is 9.52 Å². The predicted octanol–water partition coefficient (Wildman–Crippen LogP) is 3.70. The quantitative estimate of drug-likeness (QED) is 0.653. The summed E-state index contributed by atoms with van der Waals surface area (Å²) in [4.78, 5) is 12.5. The third-order valence-corrected chi connectivity index (χ3v) is 5.03. The molecule has 2 aromatic carbocycles. The van der Waals surface area contributed by atoms with Crippen molar-refractivity contribution in [3.8, 4) is 11.5 Å². The second kappa shape index (κ2) is 9.36. The van der Waals surface area contributed by atoms with Gasteiger partial charge in [-0.25, -0.2) is 8.42 Å². The molecule has 0 saturated heterocycles. The van der Waals surface area contributed by atoms with Crippen molar-refractivity contribution in [3.05, 3.63) is 48.0 Å². The molecule has 0 aromatic heterocycles. The molecule has 0 aliphatic carbocycles. The van der Waals surface area contributed by atoms with Gasteiger partial charge in [-0.1, -0.05) is 13.0 Å². The van der Waals surface area contributed by atoms with Crippen LogP contribution in [0.1, 0.15) is 23.7 Å². The van der Waals surface area contributed by atoms with E-state index in [1.165, 1.54) is 49.6 Å². The maximum atomic E-state index is 12.7. The van der Waals surface area contributed by atoms with E-state index in [4.69, 9.17) is 4.74 Å². The third kappa shape index (κ3) is 5.81. The lowest BCUT2D eigenvalue weighted by Gasteiger charge is -2.14. The lowest BCUT2D eigenvalue weighted by Crippen LogP contribution is -2.17. The number of alkyl halides is 2. The molecule has 2 rings (SSSR count). The molecule has 0 heterocycles. The monoisotopic (exact) mass is 414 g/mol. The molecule has 152 valence electrons. The molecule has 0 fully saturated rings. The lowest BCUT2D eigenvalue weighted by atomic mass is 10.1. The highest BCUT2D eigenvalue weighted by atomic mass is 32.2. The van der Waals surface area contributed by atoms with Gasteiger partial charge < -0.3 is 14.8 Å². The number of sulfonamides is 1. The highest BCUT2D eigenvalue weighted by Gasteiger charge is 2.20. The number of hydrogen-bond donors (Lipinski definition) is 2. The molecule has 0 spiro atoms. The van der Waals surface area contributed by atoms with Gasteiger partial charge in [-0.05, 0) is 42.8 Å². The molecule has 28 heavy (non-hydrogen) atoms. The fourth-order valence-electron chi connectivity index (χ4n) is 2.39. The van der Waals surface area contributed by atoms with Gasteiger partial charge >= 0.3 is 6.61 Å². The number of para-hydroxylation sites is 1. The average Bonchev–Trinajstić information content (AvgIpc) is 2.62. The van der Waals surface area contributed by atoms with Crippen molar-refractivity contribution in [2.24, 2.45) is 0 Å². The standard InChI is InChI=1S/C18H20F2N2O5S/c1-3-11-28(24,25)22-13-9-7-12(8-10-13)21-17(23)14-5-4-6-15(26-2)16(14)27-18(19)20/h4-10,18,22H,3,11H2,1-2H3,(H,21,23). The zero-order chi connectivity index (χ0) is 20.7. The average molecular weight is 414 g/mol. The fraction of sp³-hybridized carbons (Fsp3) is 0.278. The summed E-state index contributed by atoms with van der Waals surface area (Å²) in [5.74, 6) is -1.07. The number of halogens is 2. The first kappa shape index (κ1) is 21.4. The zero-order valence-electron chi connectivity index (χ0n) is 15.2. The number of methoxy groups -OCH3 is 1. The zero-order valence-corrected chi connectivity index (χ0v) is 16.1. The number of rotatable bonds is 9. The Kier molecular flexibility index (Phi) is 7.16. The summed E-state index contributed by atoms with van der Waals surface area (Å²) in [5, 5.41) is 2.54. The molecule has 0 unspecified atom stereocenters. The third-order valence-electron chi connectivity index (χ3n) is 3.54. The number of amides is 1. The van der Waals surface area contributed by atoms with Gasteiger partial charge in [-0.2, -0.15) is 8.78 Å². The molecule has 10 heteroatoms. The van der Waals surface area contributed by atoms with Crippen molar-refractivity contribution in [1.82, 2.24) is 0 Å². The molecule has 0 atom stereocenters. The van der Waals surface area contributed by atoms with Crippen LogP contribution in [0.4, 0.5) is 20.2 Å². The minimum atomic E-state index is -3.43. The van der Waals surface area contributed by atoms with E-state index in [0.29, 0.717) is 17.8 Å². The number of benzene rings is 2. The van der Waals surface area contributed by atoms with Crippen LogP contribution < -0.4 is 19.5 Å². The predicted molar refractivity (Wildman–Crippen MR) is 102 cm³/mol. The number of anilines is 2. The molecular weight excluding hydrogens is 394 g/mol. The first-order valence-electron chi connectivity index (χ1n) is 8.29. The summed E-state index contributed by atoms with van der Waals surface area (Å²) in [6.45, 7) is -1.37. The first-order chi connectivity index (χ1) is 13.3. The Labute approximate surface area is 161 Å². The number of carbonyl (C=O) groups excluding carboxylic acids is 1. The van der Waals surface area contributed by atoms with Crippen molar-refractivity contribution >= 4 is 27.3 Å². The maximum absolute atomic E-state index is 12.7. The van der Waals surface area contributed by atoms with Crippen LogP contribution in [0.15, 0.2) is 42.5 Å². The van der Waals surface area contributed by atoms with Crippen molar-refractivity contribution in [3.63, 3.8) is 0 Å². The normalized spacial score (nSPS) is 11.2. The summed E-state index contributed by atoms with van der Waals surface area (Å²) in [7, 11) is -2.16. The van der Waals surface area contributed by atoms with Crippen LogP contribution in [0.3, 0.4) is 0 Å². The summed E-state index contributed by atoms with van der Waals surface area (Å²) in [6, 6.07) is 10.1. The minimum absolute atomic E-state index is 0.00571. The Bertz CT molecular complexity index is 918. The topological polar surface area (TPSA) is 93.7 Å². The molecule has 0 radical (unpaired) electrons. The van der Waals surface area contributed by atoms with Gasteiger partial charge in [-0.15, -0.1) is 0 Å². The molecule has 0 aliphatic heterocycles. The van der Waals surface area contributed by atoms with Gasteiger partial charge in [0.2, 0.25) is 10.0 Å². The van der Waals surface area contributed by atoms with Gasteiger partial charge in [0.15, 0.2) is 11.5 Å². The molecule has 0 aliphatic rings. The summed E-state index contributed by atoms with van der Waals surface area (Å²) < 4.78 is 60.7. The van der Waals surface area contributed by atoms with Crippen LogP contribution in [-0.4, -0.2) is 33.8 Å². The number of nitrogens with one attached hydrogen (secondary N) is 2. The minimum Gasteiger partial charge on any atom is -0.493 e. The van der Waals surface area contributed by atoms with E-state index in [1.54, 1.807) is 6.92 Å². The Hall–Kier alpha value is -2.88. The van der Waals surface area contributed by atoms with Crippen LogP contribution >= 0.6 is 0 Å². The smallest absolute Gasteiger partial charge is 0.387 e. The molecule has 0 bridgehead atoms. The summed E-state index contributed by atoms with van der Waals surface area (Å²) in [6.07, 6.45) is 0.479. The molecular formula is C18H20F2N2O5S. The molecule has 7 nitrogen and oxygen atoms in total. The number of carbonyl (C=O) groups is 1. The second-order valence-electron chi connectivity index (χ2n) is 5.67. The van der Waals surface area contributed by atoms with Gasteiger partial charge in [0.1, 0.15) is 0 Å². The van der Waals surface area contributed by atoms with E-state index in [2.05, 4.69) is 14.8 Å². The van der Waals surface area contributed by atoms with Crippen LogP contribution in [0.2, 0.25) is 0 Å². The van der Waals surface area contributed by atoms with Gasteiger partial charge in [0.25, 0.3) is 5.91 Å². The van der Waals surface area contributed by atoms with E-state index in [-0.39, 0.29) is 22.8 Å². The van der Waals surface area contributed by atoms with Crippen LogP contribution in [0, 0.1) is 0 Å². The highest BCUT2D eigenvalue weighted by Crippen LogP contribution is 2.33.